The summed E-state index contributed by atoms with van der Waals surface area (Å²) in [6.07, 6.45) is 3.88. The van der Waals surface area contributed by atoms with Crippen molar-refractivity contribution in [3.05, 3.63) is 24.3 Å². The third kappa shape index (κ3) is 3.35. The largest absolute Gasteiger partial charge is 0.302 e. The van der Waals surface area contributed by atoms with Crippen molar-refractivity contribution >= 4 is 21.6 Å². The number of benzene rings is 1. The lowest BCUT2D eigenvalue weighted by Gasteiger charge is -2.19. The van der Waals surface area contributed by atoms with Gasteiger partial charge in [-0.2, -0.15) is 5.26 Å². The van der Waals surface area contributed by atoms with Crippen molar-refractivity contribution in [2.75, 3.05) is 13.3 Å². The number of nitrogens with zero attached hydrogens (tertiary/aromatic N) is 1. The Morgan fingerprint density at radius 2 is 2.05 bits per heavy atom. The number of hydrogen-bond donors (Lipinski definition) is 1. The van der Waals surface area contributed by atoms with E-state index in [4.69, 9.17) is 0 Å². The number of sulfone groups is 1. The molecule has 1 N–H and O–H groups in total. The second-order valence-electron chi connectivity index (χ2n) is 5.17. The summed E-state index contributed by atoms with van der Waals surface area (Å²) in [6.45, 7) is 0. The first kappa shape index (κ1) is 15.4. The first-order valence-corrected chi connectivity index (χ1v) is 9.23. The van der Waals surface area contributed by atoms with Crippen LogP contribution < -0.4 is 5.32 Å². The molecule has 0 bridgehead atoms. The van der Waals surface area contributed by atoms with Gasteiger partial charge in [-0.1, -0.05) is 0 Å². The molecule has 0 radical (unpaired) electrons. The monoisotopic (exact) mass is 310 g/mol. The van der Waals surface area contributed by atoms with Crippen LogP contribution in [0.3, 0.4) is 0 Å². The van der Waals surface area contributed by atoms with Gasteiger partial charge in [-0.3, -0.25) is 0 Å². The van der Waals surface area contributed by atoms with Crippen LogP contribution in [-0.2, 0) is 9.84 Å². The van der Waals surface area contributed by atoms with Crippen molar-refractivity contribution in [3.63, 3.8) is 0 Å². The Morgan fingerprint density at radius 3 is 2.50 bits per heavy atom. The van der Waals surface area contributed by atoms with Crippen LogP contribution in [0.2, 0.25) is 0 Å². The molecule has 0 saturated heterocycles. The summed E-state index contributed by atoms with van der Waals surface area (Å²) >= 11 is 1.72. The van der Waals surface area contributed by atoms with E-state index in [1.54, 1.807) is 23.9 Å². The normalized spacial score (nSPS) is 26.4. The first-order valence-electron chi connectivity index (χ1n) is 6.45. The van der Waals surface area contributed by atoms with Crippen molar-refractivity contribution in [1.29, 1.82) is 5.26 Å². The summed E-state index contributed by atoms with van der Waals surface area (Å²) in [5, 5.41) is 12.8. The Morgan fingerprint density at radius 1 is 1.40 bits per heavy atom. The highest BCUT2D eigenvalue weighted by Gasteiger charge is 2.38. The van der Waals surface area contributed by atoms with E-state index < -0.39 is 15.4 Å². The van der Waals surface area contributed by atoms with Crippen LogP contribution in [0.4, 0.5) is 0 Å². The molecule has 0 spiro atoms. The molecule has 1 aromatic carbocycles. The molecule has 1 fully saturated rings. The van der Waals surface area contributed by atoms with Crippen LogP contribution in [0, 0.1) is 11.3 Å². The van der Waals surface area contributed by atoms with Crippen molar-refractivity contribution in [2.24, 2.45) is 0 Å². The summed E-state index contributed by atoms with van der Waals surface area (Å²) in [4.78, 5) is 1.39. The van der Waals surface area contributed by atoms with Crippen LogP contribution in [0.25, 0.3) is 0 Å². The van der Waals surface area contributed by atoms with Gasteiger partial charge in [-0.15, -0.1) is 11.8 Å². The Balaban J connectivity index is 2.04. The molecule has 1 aromatic rings. The molecule has 1 saturated carbocycles. The first-order chi connectivity index (χ1) is 9.38. The zero-order valence-electron chi connectivity index (χ0n) is 11.6. The SMILES string of the molecule is CNC1(C#N)CCC(Sc2ccc(S(C)(=O)=O)cc2)C1. The zero-order valence-corrected chi connectivity index (χ0v) is 13.2. The van der Waals surface area contributed by atoms with Gasteiger partial charge in [0.15, 0.2) is 9.84 Å². The molecule has 1 aliphatic rings. The second-order valence-corrected chi connectivity index (χ2v) is 8.56. The maximum atomic E-state index is 11.4. The lowest BCUT2D eigenvalue weighted by Crippen LogP contribution is -2.38. The Kier molecular flexibility index (Phi) is 4.43. The van der Waals surface area contributed by atoms with Crippen LogP contribution in [0.1, 0.15) is 19.3 Å². The quantitative estimate of drug-likeness (QED) is 0.923. The summed E-state index contributed by atoms with van der Waals surface area (Å²) in [5.74, 6) is 0. The molecule has 108 valence electrons. The van der Waals surface area contributed by atoms with E-state index in [1.165, 1.54) is 6.26 Å². The van der Waals surface area contributed by atoms with E-state index in [9.17, 15) is 13.7 Å². The number of nitriles is 1. The van der Waals surface area contributed by atoms with Crippen LogP contribution in [0.15, 0.2) is 34.1 Å². The fourth-order valence-electron chi connectivity index (χ4n) is 2.44. The third-order valence-corrected chi connectivity index (χ3v) is 6.12. The van der Waals surface area contributed by atoms with E-state index >= 15 is 0 Å². The van der Waals surface area contributed by atoms with Gasteiger partial charge in [0.05, 0.1) is 11.0 Å². The second kappa shape index (κ2) is 5.76. The highest BCUT2D eigenvalue weighted by Crippen LogP contribution is 2.39. The molecule has 1 aliphatic carbocycles. The smallest absolute Gasteiger partial charge is 0.175 e. The minimum atomic E-state index is -3.14. The number of rotatable bonds is 4. The predicted molar refractivity (Wildman–Crippen MR) is 80.5 cm³/mol. The van der Waals surface area contributed by atoms with Gasteiger partial charge in [0.25, 0.3) is 0 Å². The van der Waals surface area contributed by atoms with Gasteiger partial charge in [-0.25, -0.2) is 8.42 Å². The molecule has 4 nitrogen and oxygen atoms in total. The Labute approximate surface area is 124 Å². The molecule has 20 heavy (non-hydrogen) atoms. The maximum Gasteiger partial charge on any atom is 0.175 e. The van der Waals surface area contributed by atoms with Crippen molar-refractivity contribution < 1.29 is 8.42 Å². The topological polar surface area (TPSA) is 70.0 Å². The standard InChI is InChI=1S/C14H18N2O2S2/c1-16-14(10-15)8-7-12(9-14)19-11-3-5-13(6-4-11)20(2,17)18/h3-6,12,16H,7-9H2,1-2H3. The molecule has 2 atom stereocenters. The average Bonchev–Trinajstić information content (AvgIpc) is 2.82. The zero-order chi connectivity index (χ0) is 14.8. The third-order valence-electron chi connectivity index (χ3n) is 3.72. The Bertz CT molecular complexity index is 620. The summed E-state index contributed by atoms with van der Waals surface area (Å²) in [6, 6.07) is 9.33. The predicted octanol–water partition coefficient (Wildman–Crippen LogP) is 2.22. The number of hydrogen-bond acceptors (Lipinski definition) is 5. The molecule has 2 unspecified atom stereocenters. The minimum absolute atomic E-state index is 0.342. The fourth-order valence-corrected chi connectivity index (χ4v) is 4.36. The van der Waals surface area contributed by atoms with Crippen molar-refractivity contribution in [3.8, 4) is 6.07 Å². The van der Waals surface area contributed by atoms with Gasteiger partial charge in [0.1, 0.15) is 5.54 Å². The van der Waals surface area contributed by atoms with Crippen molar-refractivity contribution in [1.82, 2.24) is 5.32 Å². The highest BCUT2D eigenvalue weighted by atomic mass is 32.2. The average molecular weight is 310 g/mol. The fraction of sp³-hybridized carbons (Fsp3) is 0.500. The molecular formula is C14H18N2O2S2. The molecule has 0 amide bonds. The molecule has 2 rings (SSSR count). The van der Waals surface area contributed by atoms with Gasteiger partial charge < -0.3 is 5.32 Å². The van der Waals surface area contributed by atoms with E-state index in [0.29, 0.717) is 10.1 Å². The number of nitrogens with one attached hydrogen (secondary N) is 1. The molecular weight excluding hydrogens is 292 g/mol. The minimum Gasteiger partial charge on any atom is -0.302 e. The highest BCUT2D eigenvalue weighted by molar-refractivity contribution is 8.00. The summed E-state index contributed by atoms with van der Waals surface area (Å²) in [5.41, 5.74) is -0.398. The lowest BCUT2D eigenvalue weighted by atomic mass is 10.0. The van der Waals surface area contributed by atoms with Crippen LogP contribution >= 0.6 is 11.8 Å². The van der Waals surface area contributed by atoms with Gasteiger partial charge >= 0.3 is 0 Å². The summed E-state index contributed by atoms with van der Waals surface area (Å²) in [7, 11) is -1.31. The molecule has 0 heterocycles. The van der Waals surface area contributed by atoms with Crippen LogP contribution in [0.5, 0.6) is 0 Å². The maximum absolute atomic E-state index is 11.4. The van der Waals surface area contributed by atoms with Gasteiger partial charge in [0.2, 0.25) is 0 Å². The van der Waals surface area contributed by atoms with Gasteiger partial charge in [0, 0.05) is 16.4 Å². The van der Waals surface area contributed by atoms with E-state index in [-0.39, 0.29) is 0 Å². The Hall–Kier alpha value is -1.03. The van der Waals surface area contributed by atoms with Crippen molar-refractivity contribution in [2.45, 2.75) is 39.8 Å². The summed E-state index contributed by atoms with van der Waals surface area (Å²) < 4.78 is 22.8. The molecule has 6 heteroatoms. The van der Waals surface area contributed by atoms with E-state index in [1.807, 2.05) is 19.2 Å². The van der Waals surface area contributed by atoms with E-state index in [2.05, 4.69) is 11.4 Å². The van der Waals surface area contributed by atoms with Gasteiger partial charge in [-0.05, 0) is 50.6 Å². The molecule has 0 aliphatic heterocycles. The number of thioether (sulfide) groups is 1. The van der Waals surface area contributed by atoms with Crippen LogP contribution in [-0.4, -0.2) is 32.5 Å². The molecule has 0 aromatic heterocycles. The lowest BCUT2D eigenvalue weighted by molar-refractivity contribution is 0.464. The van der Waals surface area contributed by atoms with E-state index in [0.717, 1.165) is 24.2 Å².